The zero-order valence-corrected chi connectivity index (χ0v) is 8.45. The zero-order valence-electron chi connectivity index (χ0n) is 8.45. The molecule has 17 heavy (non-hydrogen) atoms. The van der Waals surface area contributed by atoms with Gasteiger partial charge in [0.15, 0.2) is 0 Å². The van der Waals surface area contributed by atoms with E-state index < -0.39 is 17.1 Å². The van der Waals surface area contributed by atoms with Gasteiger partial charge in [0.1, 0.15) is 5.82 Å². The Morgan fingerprint density at radius 2 is 2.00 bits per heavy atom. The SMILES string of the molecule is N#Cc1ccc(F)c(-c2c[nH]c(=O)[nH]c2=O)c1. The highest BCUT2D eigenvalue weighted by molar-refractivity contribution is 5.64. The molecule has 2 aromatic rings. The van der Waals surface area contributed by atoms with Crippen molar-refractivity contribution in [3.8, 4) is 17.2 Å². The summed E-state index contributed by atoms with van der Waals surface area (Å²) in [4.78, 5) is 26.5. The van der Waals surface area contributed by atoms with Crippen LogP contribution in [0.15, 0.2) is 34.0 Å². The summed E-state index contributed by atoms with van der Waals surface area (Å²) >= 11 is 0. The van der Waals surface area contributed by atoms with Gasteiger partial charge in [-0.05, 0) is 18.2 Å². The molecule has 0 bridgehead atoms. The summed E-state index contributed by atoms with van der Waals surface area (Å²) in [7, 11) is 0. The van der Waals surface area contributed by atoms with Gasteiger partial charge in [-0.3, -0.25) is 9.78 Å². The van der Waals surface area contributed by atoms with Gasteiger partial charge in [0.05, 0.1) is 17.2 Å². The Morgan fingerprint density at radius 3 is 2.65 bits per heavy atom. The van der Waals surface area contributed by atoms with Crippen molar-refractivity contribution < 1.29 is 4.39 Å². The average Bonchev–Trinajstić information content (AvgIpc) is 2.30. The van der Waals surface area contributed by atoms with Gasteiger partial charge in [-0.15, -0.1) is 0 Å². The molecule has 0 aliphatic rings. The van der Waals surface area contributed by atoms with Crippen molar-refractivity contribution in [2.24, 2.45) is 0 Å². The first-order chi connectivity index (χ1) is 8.11. The number of aromatic amines is 2. The van der Waals surface area contributed by atoms with Crippen molar-refractivity contribution in [3.05, 3.63) is 56.6 Å². The fourth-order valence-corrected chi connectivity index (χ4v) is 1.41. The average molecular weight is 231 g/mol. The number of nitrogens with zero attached hydrogens (tertiary/aromatic N) is 1. The molecule has 0 saturated carbocycles. The minimum absolute atomic E-state index is 0.0263. The second-order valence-corrected chi connectivity index (χ2v) is 3.29. The molecule has 1 aromatic carbocycles. The highest BCUT2D eigenvalue weighted by Crippen LogP contribution is 2.19. The minimum Gasteiger partial charge on any atom is -0.313 e. The number of aromatic nitrogens is 2. The summed E-state index contributed by atoms with van der Waals surface area (Å²) in [6.07, 6.45) is 1.11. The Bertz CT molecular complexity index is 724. The highest BCUT2D eigenvalue weighted by atomic mass is 19.1. The van der Waals surface area contributed by atoms with Crippen molar-refractivity contribution in [1.29, 1.82) is 5.26 Å². The summed E-state index contributed by atoms with van der Waals surface area (Å²) < 4.78 is 13.5. The predicted molar refractivity (Wildman–Crippen MR) is 57.8 cm³/mol. The van der Waals surface area contributed by atoms with E-state index in [0.717, 1.165) is 12.3 Å². The number of nitrogens with one attached hydrogen (secondary N) is 2. The summed E-state index contributed by atoms with van der Waals surface area (Å²) in [5, 5.41) is 8.70. The van der Waals surface area contributed by atoms with E-state index in [9.17, 15) is 14.0 Å². The van der Waals surface area contributed by atoms with Gasteiger partial charge in [-0.2, -0.15) is 5.26 Å². The van der Waals surface area contributed by atoms with Crippen LogP contribution in [0.4, 0.5) is 4.39 Å². The first kappa shape index (κ1) is 10.8. The first-order valence-electron chi connectivity index (χ1n) is 4.64. The van der Waals surface area contributed by atoms with Crippen LogP contribution >= 0.6 is 0 Å². The molecule has 1 heterocycles. The van der Waals surface area contributed by atoms with Gasteiger partial charge >= 0.3 is 5.69 Å². The third-order valence-electron chi connectivity index (χ3n) is 2.20. The molecule has 0 atom stereocenters. The molecule has 84 valence electrons. The third kappa shape index (κ3) is 1.99. The molecule has 0 saturated heterocycles. The molecule has 5 nitrogen and oxygen atoms in total. The molecule has 0 fully saturated rings. The minimum atomic E-state index is -0.706. The fourth-order valence-electron chi connectivity index (χ4n) is 1.41. The largest absolute Gasteiger partial charge is 0.325 e. The smallest absolute Gasteiger partial charge is 0.313 e. The highest BCUT2D eigenvalue weighted by Gasteiger charge is 2.10. The van der Waals surface area contributed by atoms with Crippen LogP contribution in [0.2, 0.25) is 0 Å². The summed E-state index contributed by atoms with van der Waals surface area (Å²) in [5.41, 5.74) is -1.20. The lowest BCUT2D eigenvalue weighted by Crippen LogP contribution is -2.22. The quantitative estimate of drug-likeness (QED) is 0.758. The van der Waals surface area contributed by atoms with Crippen LogP contribution in [0.1, 0.15) is 5.56 Å². The molecular weight excluding hydrogens is 225 g/mol. The Kier molecular flexibility index (Phi) is 2.58. The van der Waals surface area contributed by atoms with Crippen molar-refractivity contribution in [3.63, 3.8) is 0 Å². The lowest BCUT2D eigenvalue weighted by atomic mass is 10.1. The number of hydrogen-bond acceptors (Lipinski definition) is 3. The van der Waals surface area contributed by atoms with Crippen molar-refractivity contribution in [2.75, 3.05) is 0 Å². The standard InChI is InChI=1S/C11H6FN3O2/c12-9-2-1-6(4-13)3-7(9)8-5-14-11(17)15-10(8)16/h1-3,5H,(H2,14,15,16,17). The molecule has 1 aromatic heterocycles. The number of rotatable bonds is 1. The van der Waals surface area contributed by atoms with E-state index >= 15 is 0 Å². The predicted octanol–water partition coefficient (Wildman–Crippen LogP) is 0.741. The fraction of sp³-hybridized carbons (Fsp3) is 0. The van der Waals surface area contributed by atoms with Crippen molar-refractivity contribution >= 4 is 0 Å². The van der Waals surface area contributed by atoms with Crippen LogP contribution in [-0.2, 0) is 0 Å². The van der Waals surface area contributed by atoms with Gasteiger partial charge in [0.2, 0.25) is 0 Å². The van der Waals surface area contributed by atoms with Crippen molar-refractivity contribution in [1.82, 2.24) is 9.97 Å². The molecule has 0 spiro atoms. The van der Waals surface area contributed by atoms with E-state index in [2.05, 4.69) is 4.98 Å². The Balaban J connectivity index is 2.73. The van der Waals surface area contributed by atoms with E-state index in [4.69, 9.17) is 5.26 Å². The van der Waals surface area contributed by atoms with E-state index in [1.807, 2.05) is 11.1 Å². The molecule has 0 amide bonds. The van der Waals surface area contributed by atoms with Gasteiger partial charge in [-0.1, -0.05) is 0 Å². The van der Waals surface area contributed by atoms with E-state index in [-0.39, 0.29) is 16.7 Å². The molecule has 2 N–H and O–H groups in total. The van der Waals surface area contributed by atoms with E-state index in [1.54, 1.807) is 0 Å². The normalized spacial score (nSPS) is 9.88. The topological polar surface area (TPSA) is 89.5 Å². The van der Waals surface area contributed by atoms with Crippen LogP contribution in [0, 0.1) is 17.1 Å². The van der Waals surface area contributed by atoms with Gasteiger partial charge in [0, 0.05) is 11.8 Å². The second kappa shape index (κ2) is 4.06. The first-order valence-corrected chi connectivity index (χ1v) is 4.64. The van der Waals surface area contributed by atoms with E-state index in [1.165, 1.54) is 12.1 Å². The van der Waals surface area contributed by atoms with Gasteiger partial charge in [-0.25, -0.2) is 9.18 Å². The summed E-state index contributed by atoms with van der Waals surface area (Å²) in [5.74, 6) is -0.637. The van der Waals surface area contributed by atoms with Gasteiger partial charge in [0.25, 0.3) is 5.56 Å². The summed E-state index contributed by atoms with van der Waals surface area (Å²) in [6.45, 7) is 0. The molecule has 0 aliphatic carbocycles. The van der Waals surface area contributed by atoms with Crippen LogP contribution in [0.5, 0.6) is 0 Å². The van der Waals surface area contributed by atoms with Crippen molar-refractivity contribution in [2.45, 2.75) is 0 Å². The Labute approximate surface area is 94.2 Å². The molecule has 0 unspecified atom stereocenters. The molecule has 0 aliphatic heterocycles. The monoisotopic (exact) mass is 231 g/mol. The number of hydrogen-bond donors (Lipinski definition) is 2. The third-order valence-corrected chi connectivity index (χ3v) is 2.20. The Morgan fingerprint density at radius 1 is 1.24 bits per heavy atom. The van der Waals surface area contributed by atoms with Crippen LogP contribution in [-0.4, -0.2) is 9.97 Å². The molecule has 2 rings (SSSR count). The summed E-state index contributed by atoms with van der Waals surface area (Å²) in [6, 6.07) is 5.49. The lowest BCUT2D eigenvalue weighted by Gasteiger charge is -2.01. The lowest BCUT2D eigenvalue weighted by molar-refractivity contribution is 0.630. The maximum Gasteiger partial charge on any atom is 0.325 e. The number of nitriles is 1. The maximum absolute atomic E-state index is 13.5. The number of H-pyrrole nitrogens is 2. The number of benzene rings is 1. The Hall–Kier alpha value is -2.68. The maximum atomic E-state index is 13.5. The van der Waals surface area contributed by atoms with Gasteiger partial charge < -0.3 is 4.98 Å². The van der Waals surface area contributed by atoms with Crippen LogP contribution in [0.3, 0.4) is 0 Å². The van der Waals surface area contributed by atoms with Crippen LogP contribution in [0.25, 0.3) is 11.1 Å². The molecule has 0 radical (unpaired) electrons. The second-order valence-electron chi connectivity index (χ2n) is 3.29. The molecular formula is C11H6FN3O2. The van der Waals surface area contributed by atoms with Crippen LogP contribution < -0.4 is 11.2 Å². The van der Waals surface area contributed by atoms with E-state index in [0.29, 0.717) is 0 Å². The number of halogens is 1. The molecule has 6 heteroatoms. The zero-order chi connectivity index (χ0) is 12.4.